The van der Waals surface area contributed by atoms with Gasteiger partial charge in [0.25, 0.3) is 0 Å². The predicted octanol–water partition coefficient (Wildman–Crippen LogP) is 9.11. The second-order valence-corrected chi connectivity index (χ2v) is 15.8. The molecule has 0 aromatic carbocycles. The van der Waals surface area contributed by atoms with Gasteiger partial charge in [0.15, 0.2) is 6.29 Å². The van der Waals surface area contributed by atoms with Gasteiger partial charge in [0.05, 0.1) is 25.4 Å². The highest BCUT2D eigenvalue weighted by molar-refractivity contribution is 5.76. The summed E-state index contributed by atoms with van der Waals surface area (Å²) in [5, 5.41) is 54.3. The van der Waals surface area contributed by atoms with Crippen LogP contribution in [0.4, 0.5) is 0 Å². The first-order valence-corrected chi connectivity index (χ1v) is 22.5. The van der Waals surface area contributed by atoms with Gasteiger partial charge in [-0.1, -0.05) is 173 Å². The molecule has 1 amide bonds. The molecule has 0 aromatic rings. The number of aliphatic hydroxyl groups is 5. The molecule has 0 saturated carbocycles. The number of nitrogens with one attached hydrogen (secondary N) is 1. The molecular formula is C45H85NO8. The van der Waals surface area contributed by atoms with E-state index in [1.807, 2.05) is 0 Å². The zero-order valence-electron chi connectivity index (χ0n) is 34.7. The van der Waals surface area contributed by atoms with Crippen molar-refractivity contribution < 1.29 is 39.8 Å². The van der Waals surface area contributed by atoms with E-state index < -0.39 is 49.5 Å². The first kappa shape index (κ1) is 50.7. The number of ether oxygens (including phenoxy) is 2. The van der Waals surface area contributed by atoms with Crippen LogP contribution in [0.15, 0.2) is 24.3 Å². The van der Waals surface area contributed by atoms with Crippen LogP contribution in [0, 0.1) is 0 Å². The highest BCUT2D eigenvalue weighted by Gasteiger charge is 2.44. The number of hydrogen-bond acceptors (Lipinski definition) is 8. The lowest BCUT2D eigenvalue weighted by molar-refractivity contribution is -0.302. The summed E-state index contributed by atoms with van der Waals surface area (Å²) in [5.74, 6) is -0.150. The van der Waals surface area contributed by atoms with Crippen molar-refractivity contribution in [1.82, 2.24) is 5.32 Å². The lowest BCUT2D eigenvalue weighted by Crippen LogP contribution is -2.60. The van der Waals surface area contributed by atoms with Gasteiger partial charge in [0.2, 0.25) is 5.91 Å². The van der Waals surface area contributed by atoms with E-state index in [-0.39, 0.29) is 12.5 Å². The molecule has 0 bridgehead atoms. The molecule has 0 radical (unpaired) electrons. The van der Waals surface area contributed by atoms with Crippen LogP contribution in [0.3, 0.4) is 0 Å². The number of hydrogen-bond donors (Lipinski definition) is 6. The van der Waals surface area contributed by atoms with Gasteiger partial charge in [-0.15, -0.1) is 0 Å². The molecule has 0 spiro atoms. The summed E-state index contributed by atoms with van der Waals surface area (Å²) in [6.45, 7) is 3.79. The van der Waals surface area contributed by atoms with E-state index in [2.05, 4.69) is 43.5 Å². The molecular weight excluding hydrogens is 682 g/mol. The van der Waals surface area contributed by atoms with E-state index in [0.29, 0.717) is 12.8 Å². The van der Waals surface area contributed by atoms with Crippen LogP contribution in [-0.4, -0.2) is 87.5 Å². The van der Waals surface area contributed by atoms with Crippen molar-refractivity contribution >= 4 is 5.91 Å². The molecule has 1 rings (SSSR count). The summed E-state index contributed by atoms with van der Waals surface area (Å²) in [4.78, 5) is 13.0. The minimum absolute atomic E-state index is 0.138. The Labute approximate surface area is 330 Å². The Bertz CT molecular complexity index is 899. The summed E-state index contributed by atoms with van der Waals surface area (Å²) >= 11 is 0. The van der Waals surface area contributed by atoms with Crippen LogP contribution in [0.5, 0.6) is 0 Å². The van der Waals surface area contributed by atoms with E-state index in [1.54, 1.807) is 0 Å². The fourth-order valence-corrected chi connectivity index (χ4v) is 7.13. The molecule has 1 saturated heterocycles. The molecule has 1 aliphatic rings. The molecule has 0 aliphatic carbocycles. The summed E-state index contributed by atoms with van der Waals surface area (Å²) in [7, 11) is 0. The number of unbranched alkanes of at least 4 members (excludes halogenated alkanes) is 23. The lowest BCUT2D eigenvalue weighted by atomic mass is 9.99. The Hall–Kier alpha value is -1.33. The smallest absolute Gasteiger partial charge is 0.220 e. The van der Waals surface area contributed by atoms with E-state index in [1.165, 1.54) is 128 Å². The van der Waals surface area contributed by atoms with Crippen LogP contribution in [0.2, 0.25) is 0 Å². The SMILES string of the molecule is CCCCC/C=C\C/C=C\CCCCCCCCCCCC(=O)NC(COC1OC(CO)C(O)C(O)C1O)C(O)CCCCCCCCCCCCCC. The summed E-state index contributed by atoms with van der Waals surface area (Å²) in [6.07, 6.45) is 34.6. The van der Waals surface area contributed by atoms with Crippen LogP contribution in [0.1, 0.15) is 200 Å². The Morgan fingerprint density at radius 1 is 0.630 bits per heavy atom. The maximum Gasteiger partial charge on any atom is 0.220 e. The fourth-order valence-electron chi connectivity index (χ4n) is 7.13. The van der Waals surface area contributed by atoms with Crippen LogP contribution >= 0.6 is 0 Å². The number of rotatable bonds is 37. The number of allylic oxidation sites excluding steroid dienone is 4. The van der Waals surface area contributed by atoms with E-state index in [0.717, 1.165) is 44.9 Å². The third-order valence-corrected chi connectivity index (χ3v) is 10.8. The van der Waals surface area contributed by atoms with Crippen LogP contribution in [-0.2, 0) is 14.3 Å². The minimum atomic E-state index is -1.55. The van der Waals surface area contributed by atoms with Crippen molar-refractivity contribution in [3.63, 3.8) is 0 Å². The van der Waals surface area contributed by atoms with Gasteiger partial charge in [-0.25, -0.2) is 0 Å². The number of aliphatic hydroxyl groups excluding tert-OH is 5. The van der Waals surface area contributed by atoms with Gasteiger partial charge in [-0.2, -0.15) is 0 Å². The van der Waals surface area contributed by atoms with Crippen molar-refractivity contribution in [3.8, 4) is 0 Å². The molecule has 1 heterocycles. The Morgan fingerprint density at radius 2 is 1.09 bits per heavy atom. The Morgan fingerprint density at radius 3 is 1.63 bits per heavy atom. The van der Waals surface area contributed by atoms with Crippen LogP contribution < -0.4 is 5.32 Å². The standard InChI is InChI=1S/C45H85NO8/c1-3-5-7-9-11-13-15-17-18-19-20-21-22-23-25-27-29-31-33-35-41(49)46-38(37-53-45-44(52)43(51)42(50)40(36-47)54-45)39(48)34-32-30-28-26-24-16-14-12-10-8-6-4-2/h11,13,17-18,38-40,42-45,47-48,50-52H,3-10,12,14-16,19-37H2,1-2H3,(H,46,49)/b13-11-,18-17-. The van der Waals surface area contributed by atoms with Crippen molar-refractivity contribution in [3.05, 3.63) is 24.3 Å². The van der Waals surface area contributed by atoms with Crippen molar-refractivity contribution in [1.29, 1.82) is 0 Å². The highest BCUT2D eigenvalue weighted by atomic mass is 16.7. The number of amides is 1. The normalized spacial score (nSPS) is 21.6. The van der Waals surface area contributed by atoms with Gasteiger partial charge >= 0.3 is 0 Å². The number of carbonyl (C=O) groups is 1. The fraction of sp³-hybridized carbons (Fsp3) is 0.889. The third kappa shape index (κ3) is 26.5. The minimum Gasteiger partial charge on any atom is -0.394 e. The zero-order chi connectivity index (χ0) is 39.5. The Kier molecular flexibility index (Phi) is 33.8. The molecule has 1 aliphatic heterocycles. The predicted molar refractivity (Wildman–Crippen MR) is 221 cm³/mol. The quantitative estimate of drug-likeness (QED) is 0.0271. The summed E-state index contributed by atoms with van der Waals surface area (Å²) in [5.41, 5.74) is 0. The number of carbonyl (C=O) groups excluding carboxylic acids is 1. The molecule has 54 heavy (non-hydrogen) atoms. The van der Waals surface area contributed by atoms with Gasteiger partial charge in [-0.05, 0) is 44.9 Å². The lowest BCUT2D eigenvalue weighted by Gasteiger charge is -2.40. The van der Waals surface area contributed by atoms with E-state index in [9.17, 15) is 30.3 Å². The van der Waals surface area contributed by atoms with Crippen molar-refractivity contribution in [2.24, 2.45) is 0 Å². The second kappa shape index (κ2) is 36.0. The molecule has 6 N–H and O–H groups in total. The molecule has 318 valence electrons. The van der Waals surface area contributed by atoms with Crippen LogP contribution in [0.25, 0.3) is 0 Å². The molecule has 0 aromatic heterocycles. The van der Waals surface area contributed by atoms with Crippen molar-refractivity contribution in [2.75, 3.05) is 13.2 Å². The average molecular weight is 768 g/mol. The first-order chi connectivity index (χ1) is 26.3. The summed E-state index contributed by atoms with van der Waals surface area (Å²) < 4.78 is 11.2. The molecule has 7 unspecified atom stereocenters. The Balaban J connectivity index is 2.32. The summed E-state index contributed by atoms with van der Waals surface area (Å²) in [6, 6.07) is -0.717. The second-order valence-electron chi connectivity index (χ2n) is 15.8. The molecule has 9 heteroatoms. The third-order valence-electron chi connectivity index (χ3n) is 10.8. The van der Waals surface area contributed by atoms with Gasteiger partial charge < -0.3 is 40.3 Å². The topological polar surface area (TPSA) is 149 Å². The highest BCUT2D eigenvalue weighted by Crippen LogP contribution is 2.23. The molecule has 1 fully saturated rings. The zero-order valence-corrected chi connectivity index (χ0v) is 34.7. The van der Waals surface area contributed by atoms with E-state index >= 15 is 0 Å². The maximum absolute atomic E-state index is 13.0. The first-order valence-electron chi connectivity index (χ1n) is 22.5. The molecule has 7 atom stereocenters. The van der Waals surface area contributed by atoms with Crippen molar-refractivity contribution in [2.45, 2.75) is 243 Å². The largest absolute Gasteiger partial charge is 0.394 e. The van der Waals surface area contributed by atoms with E-state index in [4.69, 9.17) is 9.47 Å². The van der Waals surface area contributed by atoms with Gasteiger partial charge in [0.1, 0.15) is 24.4 Å². The monoisotopic (exact) mass is 768 g/mol. The van der Waals surface area contributed by atoms with Gasteiger partial charge in [-0.3, -0.25) is 4.79 Å². The maximum atomic E-state index is 13.0. The molecule has 9 nitrogen and oxygen atoms in total. The van der Waals surface area contributed by atoms with Gasteiger partial charge in [0, 0.05) is 6.42 Å². The average Bonchev–Trinajstić information content (AvgIpc) is 3.17.